The molecule has 3 heteroatoms. The molecule has 2 atom stereocenters. The van der Waals surface area contributed by atoms with Crippen LogP contribution < -0.4 is 10.6 Å². The summed E-state index contributed by atoms with van der Waals surface area (Å²) in [6.45, 7) is 6.85. The van der Waals surface area contributed by atoms with Gasteiger partial charge in [0.05, 0.1) is 10.7 Å². The minimum absolute atomic E-state index is 0.656. The summed E-state index contributed by atoms with van der Waals surface area (Å²) in [6.07, 6.45) is 1.32. The number of nitrogens with two attached hydrogens (primary N) is 1. The van der Waals surface area contributed by atoms with Gasteiger partial charge >= 0.3 is 0 Å². The summed E-state index contributed by atoms with van der Waals surface area (Å²) < 4.78 is 0. The van der Waals surface area contributed by atoms with E-state index in [0.29, 0.717) is 10.7 Å². The van der Waals surface area contributed by atoms with Gasteiger partial charge in [-0.3, -0.25) is 0 Å². The first-order valence-electron chi connectivity index (χ1n) is 5.86. The second kappa shape index (κ2) is 4.54. The number of benzene rings is 1. The lowest BCUT2D eigenvalue weighted by molar-refractivity contribution is 0.357. The Morgan fingerprint density at radius 1 is 1.25 bits per heavy atom. The van der Waals surface area contributed by atoms with Crippen molar-refractivity contribution >= 4 is 23.0 Å². The van der Waals surface area contributed by atoms with Crippen LogP contribution in [0, 0.1) is 11.8 Å². The predicted octanol–water partition coefficient (Wildman–Crippen LogP) is 3.40. The first kappa shape index (κ1) is 11.6. The first-order valence-corrected chi connectivity index (χ1v) is 6.24. The molecule has 1 heterocycles. The molecule has 2 nitrogen and oxygen atoms in total. The van der Waals surface area contributed by atoms with Crippen LogP contribution in [0.2, 0.25) is 5.02 Å². The molecule has 0 aliphatic carbocycles. The number of halogens is 1. The second-order valence-corrected chi connectivity index (χ2v) is 5.46. The molecule has 0 aromatic heterocycles. The summed E-state index contributed by atoms with van der Waals surface area (Å²) in [5.74, 6) is 1.50. The maximum Gasteiger partial charge on any atom is 0.0656 e. The standard InChI is InChI=1S/C13H19ClN2/c1-9-5-10(2)8-16(7-9)11-3-4-13(15)12(14)6-11/h3-4,6,9-10H,5,7-8,15H2,1-2H3. The smallest absolute Gasteiger partial charge is 0.0656 e. The topological polar surface area (TPSA) is 29.3 Å². The van der Waals surface area contributed by atoms with Crippen molar-refractivity contribution in [1.29, 1.82) is 0 Å². The minimum atomic E-state index is 0.656. The van der Waals surface area contributed by atoms with E-state index in [1.54, 1.807) is 0 Å². The second-order valence-electron chi connectivity index (χ2n) is 5.06. The molecule has 1 saturated heterocycles. The highest BCUT2D eigenvalue weighted by atomic mass is 35.5. The molecule has 0 spiro atoms. The number of anilines is 2. The number of nitrogens with zero attached hydrogens (tertiary/aromatic N) is 1. The SMILES string of the molecule is CC1CC(C)CN(c2ccc(N)c(Cl)c2)C1. The van der Waals surface area contributed by atoms with Gasteiger partial charge in [0.25, 0.3) is 0 Å². The molecule has 2 unspecified atom stereocenters. The zero-order chi connectivity index (χ0) is 11.7. The van der Waals surface area contributed by atoms with Crippen LogP contribution in [0.3, 0.4) is 0 Å². The molecule has 1 aliphatic rings. The molecule has 0 bridgehead atoms. The molecule has 1 aromatic rings. The van der Waals surface area contributed by atoms with E-state index in [0.717, 1.165) is 24.9 Å². The molecule has 2 rings (SSSR count). The van der Waals surface area contributed by atoms with Gasteiger partial charge in [0.2, 0.25) is 0 Å². The third-order valence-electron chi connectivity index (χ3n) is 3.22. The summed E-state index contributed by atoms with van der Waals surface area (Å²) in [6, 6.07) is 5.93. The Bertz CT molecular complexity index is 368. The maximum absolute atomic E-state index is 6.05. The van der Waals surface area contributed by atoms with E-state index in [4.69, 9.17) is 17.3 Å². The summed E-state index contributed by atoms with van der Waals surface area (Å²) in [5, 5.41) is 0.656. The Labute approximate surface area is 102 Å². The van der Waals surface area contributed by atoms with Crippen LogP contribution in [0.5, 0.6) is 0 Å². The third-order valence-corrected chi connectivity index (χ3v) is 3.55. The summed E-state index contributed by atoms with van der Waals surface area (Å²) in [5.41, 5.74) is 7.57. The number of piperidine rings is 1. The van der Waals surface area contributed by atoms with E-state index in [9.17, 15) is 0 Å². The van der Waals surface area contributed by atoms with E-state index < -0.39 is 0 Å². The molecule has 1 aliphatic heterocycles. The van der Waals surface area contributed by atoms with Gasteiger partial charge in [-0.15, -0.1) is 0 Å². The molecule has 1 fully saturated rings. The molecule has 0 amide bonds. The van der Waals surface area contributed by atoms with E-state index in [1.807, 2.05) is 12.1 Å². The predicted molar refractivity (Wildman–Crippen MR) is 71.0 cm³/mol. The normalized spacial score (nSPS) is 25.8. The number of hydrogen-bond acceptors (Lipinski definition) is 2. The van der Waals surface area contributed by atoms with Crippen LogP contribution in [-0.4, -0.2) is 13.1 Å². The zero-order valence-corrected chi connectivity index (χ0v) is 10.7. The van der Waals surface area contributed by atoms with Crippen LogP contribution in [0.4, 0.5) is 11.4 Å². The average Bonchev–Trinajstić information content (AvgIpc) is 2.20. The summed E-state index contributed by atoms with van der Waals surface area (Å²) >= 11 is 6.05. The maximum atomic E-state index is 6.05. The van der Waals surface area contributed by atoms with Gasteiger partial charge in [-0.25, -0.2) is 0 Å². The van der Waals surface area contributed by atoms with Crippen molar-refractivity contribution < 1.29 is 0 Å². The molecule has 0 radical (unpaired) electrons. The zero-order valence-electron chi connectivity index (χ0n) is 9.91. The Kier molecular flexibility index (Phi) is 3.29. The largest absolute Gasteiger partial charge is 0.398 e. The Hall–Kier alpha value is -0.890. The fraction of sp³-hybridized carbons (Fsp3) is 0.538. The molecule has 16 heavy (non-hydrogen) atoms. The van der Waals surface area contributed by atoms with E-state index in [2.05, 4.69) is 24.8 Å². The lowest BCUT2D eigenvalue weighted by atomic mass is 9.91. The monoisotopic (exact) mass is 238 g/mol. The van der Waals surface area contributed by atoms with Crippen LogP contribution >= 0.6 is 11.6 Å². The van der Waals surface area contributed by atoms with Gasteiger partial charge in [0.1, 0.15) is 0 Å². The van der Waals surface area contributed by atoms with Crippen molar-refractivity contribution in [3.63, 3.8) is 0 Å². The lowest BCUT2D eigenvalue weighted by Crippen LogP contribution is -2.38. The van der Waals surface area contributed by atoms with Crippen molar-refractivity contribution in [3.05, 3.63) is 23.2 Å². The van der Waals surface area contributed by atoms with Crippen molar-refractivity contribution in [2.24, 2.45) is 11.8 Å². The van der Waals surface area contributed by atoms with Gasteiger partial charge in [-0.05, 0) is 36.5 Å². The minimum Gasteiger partial charge on any atom is -0.398 e. The fourth-order valence-electron chi connectivity index (χ4n) is 2.59. The summed E-state index contributed by atoms with van der Waals surface area (Å²) in [7, 11) is 0. The van der Waals surface area contributed by atoms with Crippen molar-refractivity contribution in [1.82, 2.24) is 0 Å². The van der Waals surface area contributed by atoms with Crippen LogP contribution in [0.1, 0.15) is 20.3 Å². The van der Waals surface area contributed by atoms with Crippen LogP contribution in [-0.2, 0) is 0 Å². The number of nitrogen functional groups attached to an aromatic ring is 1. The van der Waals surface area contributed by atoms with Gasteiger partial charge in [0.15, 0.2) is 0 Å². The molecular formula is C13H19ClN2. The Morgan fingerprint density at radius 3 is 2.44 bits per heavy atom. The summed E-state index contributed by atoms with van der Waals surface area (Å²) in [4.78, 5) is 2.41. The molecule has 88 valence electrons. The Morgan fingerprint density at radius 2 is 1.88 bits per heavy atom. The Balaban J connectivity index is 2.19. The number of rotatable bonds is 1. The molecule has 0 saturated carbocycles. The quantitative estimate of drug-likeness (QED) is 0.760. The van der Waals surface area contributed by atoms with Crippen LogP contribution in [0.25, 0.3) is 0 Å². The highest BCUT2D eigenvalue weighted by Gasteiger charge is 2.22. The van der Waals surface area contributed by atoms with Crippen molar-refractivity contribution in [3.8, 4) is 0 Å². The van der Waals surface area contributed by atoms with E-state index >= 15 is 0 Å². The van der Waals surface area contributed by atoms with Gasteiger partial charge in [0, 0.05) is 18.8 Å². The van der Waals surface area contributed by atoms with Crippen molar-refractivity contribution in [2.75, 3.05) is 23.7 Å². The average molecular weight is 239 g/mol. The van der Waals surface area contributed by atoms with E-state index in [-0.39, 0.29) is 0 Å². The van der Waals surface area contributed by atoms with Gasteiger partial charge < -0.3 is 10.6 Å². The van der Waals surface area contributed by atoms with Crippen LogP contribution in [0.15, 0.2) is 18.2 Å². The van der Waals surface area contributed by atoms with Gasteiger partial charge in [-0.2, -0.15) is 0 Å². The van der Waals surface area contributed by atoms with E-state index in [1.165, 1.54) is 12.1 Å². The third kappa shape index (κ3) is 2.43. The first-order chi connectivity index (χ1) is 7.56. The number of hydrogen-bond donors (Lipinski definition) is 1. The highest BCUT2D eigenvalue weighted by molar-refractivity contribution is 6.33. The fourth-order valence-corrected chi connectivity index (χ4v) is 2.76. The van der Waals surface area contributed by atoms with Crippen molar-refractivity contribution in [2.45, 2.75) is 20.3 Å². The van der Waals surface area contributed by atoms with Gasteiger partial charge in [-0.1, -0.05) is 25.4 Å². The lowest BCUT2D eigenvalue weighted by Gasteiger charge is -2.36. The molecule has 1 aromatic carbocycles. The molecule has 2 N–H and O–H groups in total. The molecular weight excluding hydrogens is 220 g/mol. The highest BCUT2D eigenvalue weighted by Crippen LogP contribution is 2.30.